The predicted molar refractivity (Wildman–Crippen MR) is 122 cm³/mol. The number of carbonyl (C=O) groups excluding carboxylic acids is 2. The van der Waals surface area contributed by atoms with Gasteiger partial charge in [0.15, 0.2) is 0 Å². The second kappa shape index (κ2) is 9.43. The number of thiophene rings is 1. The largest absolute Gasteiger partial charge is 0.462 e. The summed E-state index contributed by atoms with van der Waals surface area (Å²) in [5.41, 5.74) is 6.20. The number of esters is 1. The average Bonchev–Trinajstić information content (AvgIpc) is 3.05. The Hall–Kier alpha value is -2.67. The fourth-order valence-electron chi connectivity index (χ4n) is 3.44. The van der Waals surface area contributed by atoms with Crippen LogP contribution in [0.3, 0.4) is 0 Å². The van der Waals surface area contributed by atoms with Gasteiger partial charge in [-0.3, -0.25) is 5.32 Å². The predicted octanol–water partition coefficient (Wildman–Crippen LogP) is 5.26. The van der Waals surface area contributed by atoms with E-state index in [0.717, 1.165) is 41.7 Å². The van der Waals surface area contributed by atoms with Crippen molar-refractivity contribution in [1.82, 2.24) is 5.43 Å². The van der Waals surface area contributed by atoms with E-state index in [1.807, 2.05) is 12.1 Å². The molecule has 1 aliphatic rings. The molecule has 2 aromatic rings. The van der Waals surface area contributed by atoms with Crippen LogP contribution in [0.2, 0.25) is 0 Å². The molecule has 0 saturated heterocycles. The maximum absolute atomic E-state index is 12.5. The number of urea groups is 1. The number of anilines is 1. The number of nitrogens with zero attached hydrogens (tertiary/aromatic N) is 1. The molecule has 0 spiro atoms. The molecule has 3 rings (SSSR count). The lowest BCUT2D eigenvalue weighted by Gasteiger charge is -2.18. The van der Waals surface area contributed by atoms with E-state index in [0.29, 0.717) is 17.2 Å². The number of nitrogens with one attached hydrogen (secondary N) is 2. The van der Waals surface area contributed by atoms with Crippen LogP contribution in [-0.4, -0.2) is 24.8 Å². The number of aryl methyl sites for hydroxylation is 1. The summed E-state index contributed by atoms with van der Waals surface area (Å²) in [6.45, 7) is 8.56. The molecule has 7 heteroatoms. The highest BCUT2D eigenvalue weighted by Crippen LogP contribution is 2.38. The first kappa shape index (κ1) is 22.0. The van der Waals surface area contributed by atoms with Gasteiger partial charge in [-0.25, -0.2) is 15.0 Å². The summed E-state index contributed by atoms with van der Waals surface area (Å²) in [4.78, 5) is 26.0. The maximum atomic E-state index is 12.5. The SMILES string of the molecule is CCOC(=O)c1c(NC(=O)N/N=C/c2ccc(C(C)(C)C)cc2)sc2c1CCCC2. The Morgan fingerprint density at radius 1 is 1.17 bits per heavy atom. The molecular weight excluding hydrogens is 398 g/mol. The molecule has 160 valence electrons. The summed E-state index contributed by atoms with van der Waals surface area (Å²) < 4.78 is 5.21. The number of carbonyl (C=O) groups is 2. The molecule has 1 heterocycles. The molecule has 0 aliphatic heterocycles. The van der Waals surface area contributed by atoms with E-state index in [9.17, 15) is 9.59 Å². The van der Waals surface area contributed by atoms with Crippen molar-refractivity contribution in [2.75, 3.05) is 11.9 Å². The van der Waals surface area contributed by atoms with Crippen molar-refractivity contribution in [3.63, 3.8) is 0 Å². The summed E-state index contributed by atoms with van der Waals surface area (Å²) in [5.74, 6) is -0.380. The minimum atomic E-state index is -0.485. The third-order valence-electron chi connectivity index (χ3n) is 5.03. The van der Waals surface area contributed by atoms with Crippen LogP contribution in [0.25, 0.3) is 0 Å². The molecule has 0 atom stereocenters. The van der Waals surface area contributed by atoms with Crippen LogP contribution in [0, 0.1) is 0 Å². The number of hydrogen-bond donors (Lipinski definition) is 2. The van der Waals surface area contributed by atoms with Crippen molar-refractivity contribution >= 4 is 34.6 Å². The van der Waals surface area contributed by atoms with Crippen LogP contribution >= 0.6 is 11.3 Å². The highest BCUT2D eigenvalue weighted by atomic mass is 32.1. The van der Waals surface area contributed by atoms with Gasteiger partial charge in [0.1, 0.15) is 5.00 Å². The van der Waals surface area contributed by atoms with E-state index < -0.39 is 6.03 Å². The fraction of sp³-hybridized carbons (Fsp3) is 0.435. The lowest BCUT2D eigenvalue weighted by Crippen LogP contribution is -2.25. The van der Waals surface area contributed by atoms with Gasteiger partial charge >= 0.3 is 12.0 Å². The number of hydrogen-bond acceptors (Lipinski definition) is 5. The number of ether oxygens (including phenoxy) is 1. The van der Waals surface area contributed by atoms with Gasteiger partial charge in [0, 0.05) is 4.88 Å². The third kappa shape index (κ3) is 5.27. The van der Waals surface area contributed by atoms with E-state index in [4.69, 9.17) is 4.74 Å². The molecule has 0 bridgehead atoms. The topological polar surface area (TPSA) is 79.8 Å². The van der Waals surface area contributed by atoms with Crippen molar-refractivity contribution in [2.45, 2.75) is 58.8 Å². The Labute approximate surface area is 181 Å². The minimum Gasteiger partial charge on any atom is -0.462 e. The molecule has 0 fully saturated rings. The maximum Gasteiger partial charge on any atom is 0.341 e. The lowest BCUT2D eigenvalue weighted by molar-refractivity contribution is 0.0526. The van der Waals surface area contributed by atoms with E-state index in [1.54, 1.807) is 13.1 Å². The van der Waals surface area contributed by atoms with Crippen molar-refractivity contribution in [1.29, 1.82) is 0 Å². The van der Waals surface area contributed by atoms with Crippen molar-refractivity contribution < 1.29 is 14.3 Å². The van der Waals surface area contributed by atoms with Crippen LogP contribution < -0.4 is 10.7 Å². The van der Waals surface area contributed by atoms with Gasteiger partial charge in [-0.15, -0.1) is 11.3 Å². The second-order valence-electron chi connectivity index (χ2n) is 8.33. The average molecular weight is 428 g/mol. The normalized spacial score (nSPS) is 13.7. The molecule has 1 aliphatic carbocycles. The Morgan fingerprint density at radius 3 is 2.53 bits per heavy atom. The highest BCUT2D eigenvalue weighted by molar-refractivity contribution is 7.17. The van der Waals surface area contributed by atoms with Gasteiger partial charge in [0.2, 0.25) is 0 Å². The number of hydrazone groups is 1. The first-order chi connectivity index (χ1) is 14.3. The van der Waals surface area contributed by atoms with Crippen LogP contribution in [0.15, 0.2) is 29.4 Å². The molecule has 2 amide bonds. The summed E-state index contributed by atoms with van der Waals surface area (Å²) in [6.07, 6.45) is 5.50. The van der Waals surface area contributed by atoms with Crippen molar-refractivity contribution in [3.05, 3.63) is 51.4 Å². The van der Waals surface area contributed by atoms with Crippen molar-refractivity contribution in [2.24, 2.45) is 5.10 Å². The third-order valence-corrected chi connectivity index (χ3v) is 6.24. The van der Waals surface area contributed by atoms with Gasteiger partial charge in [-0.1, -0.05) is 45.0 Å². The lowest BCUT2D eigenvalue weighted by atomic mass is 9.87. The fourth-order valence-corrected chi connectivity index (χ4v) is 4.71. The van der Waals surface area contributed by atoms with E-state index in [1.165, 1.54) is 16.9 Å². The standard InChI is InChI=1S/C23H29N3O3S/c1-5-29-21(27)19-17-8-6-7-9-18(17)30-20(19)25-22(28)26-24-14-15-10-12-16(13-11-15)23(2,3)4/h10-14H,5-9H2,1-4H3,(H2,25,26,28)/b24-14+. The molecule has 0 radical (unpaired) electrons. The molecular formula is C23H29N3O3S. The Bertz CT molecular complexity index is 940. The smallest absolute Gasteiger partial charge is 0.341 e. The first-order valence-corrected chi connectivity index (χ1v) is 11.1. The number of amides is 2. The van der Waals surface area contributed by atoms with Crippen LogP contribution in [-0.2, 0) is 23.0 Å². The van der Waals surface area contributed by atoms with Crippen LogP contribution in [0.4, 0.5) is 9.80 Å². The van der Waals surface area contributed by atoms with Crippen LogP contribution in [0.5, 0.6) is 0 Å². The zero-order chi connectivity index (χ0) is 21.7. The molecule has 1 aromatic carbocycles. The van der Waals surface area contributed by atoms with E-state index in [2.05, 4.69) is 48.7 Å². The first-order valence-electron chi connectivity index (χ1n) is 10.3. The molecule has 30 heavy (non-hydrogen) atoms. The highest BCUT2D eigenvalue weighted by Gasteiger charge is 2.27. The quantitative estimate of drug-likeness (QED) is 0.388. The van der Waals surface area contributed by atoms with E-state index in [-0.39, 0.29) is 11.4 Å². The van der Waals surface area contributed by atoms with Gasteiger partial charge in [0.05, 0.1) is 18.4 Å². The Morgan fingerprint density at radius 2 is 1.87 bits per heavy atom. The molecule has 2 N–H and O–H groups in total. The molecule has 0 unspecified atom stereocenters. The number of rotatable bonds is 5. The zero-order valence-corrected chi connectivity index (χ0v) is 18.8. The second-order valence-corrected chi connectivity index (χ2v) is 9.44. The van der Waals surface area contributed by atoms with Crippen LogP contribution in [0.1, 0.15) is 72.5 Å². The molecule has 1 aromatic heterocycles. The van der Waals surface area contributed by atoms with Crippen molar-refractivity contribution in [3.8, 4) is 0 Å². The Kier molecular flexibility index (Phi) is 6.92. The van der Waals surface area contributed by atoms with Gasteiger partial charge in [-0.05, 0) is 54.7 Å². The summed E-state index contributed by atoms with van der Waals surface area (Å²) >= 11 is 1.45. The monoisotopic (exact) mass is 427 g/mol. The number of fused-ring (bicyclic) bond motifs is 1. The van der Waals surface area contributed by atoms with Gasteiger partial charge < -0.3 is 4.74 Å². The molecule has 0 saturated carbocycles. The summed E-state index contributed by atoms with van der Waals surface area (Å²) in [6, 6.07) is 7.57. The minimum absolute atomic E-state index is 0.0876. The van der Waals surface area contributed by atoms with E-state index >= 15 is 0 Å². The Balaban J connectivity index is 1.67. The summed E-state index contributed by atoms with van der Waals surface area (Å²) in [7, 11) is 0. The number of benzene rings is 1. The summed E-state index contributed by atoms with van der Waals surface area (Å²) in [5, 5.41) is 7.33. The van der Waals surface area contributed by atoms with Gasteiger partial charge in [0.25, 0.3) is 0 Å². The zero-order valence-electron chi connectivity index (χ0n) is 18.0. The molecule has 6 nitrogen and oxygen atoms in total. The van der Waals surface area contributed by atoms with Gasteiger partial charge in [-0.2, -0.15) is 5.10 Å².